The van der Waals surface area contributed by atoms with Gasteiger partial charge in [0.2, 0.25) is 17.8 Å². The Kier molecular flexibility index (Phi) is 23.6. The van der Waals surface area contributed by atoms with Crippen LogP contribution >= 0.6 is 0 Å². The number of carbonyl (C=O) groups excluding carboxylic acids is 5. The molecule has 0 bridgehead atoms. The quantitative estimate of drug-likeness (QED) is 0.0115. The summed E-state index contributed by atoms with van der Waals surface area (Å²) in [4.78, 5) is 69.5. The molecule has 1 heterocycles. The van der Waals surface area contributed by atoms with E-state index in [1.807, 2.05) is 94.4 Å². The minimum absolute atomic E-state index is 0.0252. The van der Waals surface area contributed by atoms with Crippen LogP contribution in [0.2, 0.25) is 0 Å². The van der Waals surface area contributed by atoms with E-state index in [0.29, 0.717) is 73.3 Å². The van der Waals surface area contributed by atoms with Crippen LogP contribution in [0.15, 0.2) is 113 Å². The molecule has 4 amide bonds. The minimum atomic E-state index is -4.39. The molecule has 7 N–H and O–H groups in total. The largest absolute Gasteiger partial charge is 0.487 e. The van der Waals surface area contributed by atoms with Crippen molar-refractivity contribution in [3.8, 4) is 11.5 Å². The molecule has 0 saturated heterocycles. The summed E-state index contributed by atoms with van der Waals surface area (Å²) >= 11 is 0. The molecule has 2 aliphatic rings. The Morgan fingerprint density at radius 2 is 1.49 bits per heavy atom. The molecule has 4 atom stereocenters. The number of guanidine groups is 1. The maximum atomic E-state index is 14.8. The number of ether oxygens (including phenoxy) is 5. The van der Waals surface area contributed by atoms with E-state index >= 15 is 0 Å². The molecule has 0 aromatic heterocycles. The number of unbranched alkanes of at least 4 members (excludes halogenated alkanes) is 1. The average molecular weight is 1210 g/mol. The number of allylic oxidation sites excluding steroid dienone is 1. The number of sulfonamides is 1. The van der Waals surface area contributed by atoms with Gasteiger partial charge in [0.15, 0.2) is 6.61 Å². The lowest BCUT2D eigenvalue weighted by molar-refractivity contribution is -0.149. The van der Waals surface area contributed by atoms with Gasteiger partial charge in [-0.15, -0.1) is 4.40 Å². The molecule has 1 aliphatic carbocycles. The molecule has 7 rings (SSSR count). The Balaban J connectivity index is 1.14. The third kappa shape index (κ3) is 17.7. The zero-order valence-corrected chi connectivity index (χ0v) is 52.2. The van der Waals surface area contributed by atoms with Gasteiger partial charge in [-0.2, -0.15) is 8.42 Å². The summed E-state index contributed by atoms with van der Waals surface area (Å²) in [7, 11) is -4.39. The predicted octanol–water partition coefficient (Wildman–Crippen LogP) is 7.93. The summed E-state index contributed by atoms with van der Waals surface area (Å²) in [5.74, 6) is -2.18. The molecule has 466 valence electrons. The van der Waals surface area contributed by atoms with Gasteiger partial charge in [0.25, 0.3) is 15.9 Å². The number of hydrogen-bond acceptors (Lipinski definition) is 12. The molecular formula is C67H85N7O12S. The van der Waals surface area contributed by atoms with Crippen LogP contribution in [0.4, 0.5) is 4.79 Å². The van der Waals surface area contributed by atoms with Crippen LogP contribution in [0.1, 0.15) is 132 Å². The lowest BCUT2D eigenvalue weighted by Gasteiger charge is -2.35. The maximum Gasteiger partial charge on any atom is 0.407 e. The van der Waals surface area contributed by atoms with E-state index in [-0.39, 0.29) is 62.1 Å². The molecule has 19 nitrogen and oxygen atoms in total. The number of hydrogen-bond donors (Lipinski definition) is 6. The van der Waals surface area contributed by atoms with Crippen molar-refractivity contribution >= 4 is 68.2 Å². The second-order valence-electron chi connectivity index (χ2n) is 22.6. The third-order valence-corrected chi connectivity index (χ3v) is 17.1. The van der Waals surface area contributed by atoms with E-state index in [9.17, 15) is 32.4 Å². The first kappa shape index (κ1) is 66.3. The van der Waals surface area contributed by atoms with E-state index in [1.54, 1.807) is 32.9 Å². The summed E-state index contributed by atoms with van der Waals surface area (Å²) in [6, 6.07) is 25.1. The van der Waals surface area contributed by atoms with Crippen molar-refractivity contribution in [2.45, 2.75) is 167 Å². The molecular weight excluding hydrogens is 1130 g/mol. The van der Waals surface area contributed by atoms with E-state index in [2.05, 4.69) is 62.7 Å². The number of carbonyl (C=O) groups is 5. The van der Waals surface area contributed by atoms with Crippen molar-refractivity contribution < 1.29 is 56.1 Å². The van der Waals surface area contributed by atoms with E-state index in [4.69, 9.17) is 29.4 Å². The highest BCUT2D eigenvalue weighted by atomic mass is 32.2. The monoisotopic (exact) mass is 1210 g/mol. The number of nitrogens with two attached hydrogens (primary N) is 1. The highest BCUT2D eigenvalue weighted by Crippen LogP contribution is 2.43. The van der Waals surface area contributed by atoms with Crippen LogP contribution in [0.25, 0.3) is 22.4 Å². The number of amides is 4. The highest BCUT2D eigenvalue weighted by molar-refractivity contribution is 7.90. The number of fused-ring (bicyclic) bond motifs is 3. The Morgan fingerprint density at radius 3 is 2.23 bits per heavy atom. The standard InChI is InChI=1S/C67H85N7O12S/c1-10-22-54(64(78)85-40-46-23-14-13-15-24-46)73-63(77)53(33-30-42(4)70-65(68)74-87(80,81)61-44(6)43(5)60-49(45(61)7)36-37-67(8,9)86-60)72-62(76)52(29-20-21-38-69-66(79)82-12-3)71-57(75)41-84-56-35-32-48-26-17-19-28-51(48)59(56)58-50-27-18-16-25-47(50)31-34-55(58)83-39-11-2/h13-19,23-28,31-32,35,52-55H,4,10-12,20-22,29-30,33-34,36-41H2,1-3,5-9H3,(H,69,79)(H,71,75)(H,72,76)(H,73,77)(H3,68,70,74)/t52-,53-,54+,55?/m1/s1. The summed E-state index contributed by atoms with van der Waals surface area (Å²) in [6.07, 6.45) is 5.25. The summed E-state index contributed by atoms with van der Waals surface area (Å²) in [5.41, 5.74) is 11.0. The van der Waals surface area contributed by atoms with Gasteiger partial charge in [0.1, 0.15) is 41.8 Å². The van der Waals surface area contributed by atoms with E-state index in [1.165, 1.54) is 0 Å². The van der Waals surface area contributed by atoms with E-state index < -0.39 is 76.1 Å². The smallest absolute Gasteiger partial charge is 0.407 e. The molecule has 1 unspecified atom stereocenters. The SMILES string of the molecule is C=C(CC[C@@H](NC(=O)[C@@H](CCCCNC(=O)OCC)NC(=O)COc1ccc2ccccc2c1C1=c2ccccc2=CCC1OCCC)C(=O)N[C@@H](CCC)C(=O)OCc1ccccc1)NC(N)=NS(=O)(=O)c1c(C)c(C)c2c(c1C)CCC(C)(C)O2. The number of nitrogens with one attached hydrogen (secondary N) is 5. The van der Waals surface area contributed by atoms with Crippen molar-refractivity contribution in [2.24, 2.45) is 10.1 Å². The average Bonchev–Trinajstić information content (AvgIpc) is 0.848. The second kappa shape index (κ2) is 30.9. The number of nitrogens with zero attached hydrogens (tertiary/aromatic N) is 1. The normalized spacial score (nSPS) is 15.4. The van der Waals surface area contributed by atoms with Gasteiger partial charge >= 0.3 is 12.1 Å². The first-order valence-corrected chi connectivity index (χ1v) is 31.5. The summed E-state index contributed by atoms with van der Waals surface area (Å²) < 4.78 is 62.1. The molecule has 87 heavy (non-hydrogen) atoms. The summed E-state index contributed by atoms with van der Waals surface area (Å²) in [5, 5.41) is 17.8. The molecule has 0 saturated carbocycles. The lowest BCUT2D eigenvalue weighted by atomic mass is 9.87. The zero-order valence-electron chi connectivity index (χ0n) is 51.4. The van der Waals surface area contributed by atoms with Crippen LogP contribution in [-0.2, 0) is 56.4 Å². The number of benzene rings is 5. The molecule has 5 aromatic rings. The van der Waals surface area contributed by atoms with Crippen molar-refractivity contribution in [1.29, 1.82) is 0 Å². The van der Waals surface area contributed by atoms with Gasteiger partial charge in [-0.3, -0.25) is 14.4 Å². The van der Waals surface area contributed by atoms with Gasteiger partial charge in [-0.1, -0.05) is 118 Å². The fourth-order valence-electron chi connectivity index (χ4n) is 11.0. The number of esters is 1. The minimum Gasteiger partial charge on any atom is -0.487 e. The fraction of sp³-hybridized carbons (Fsp3) is 0.433. The topological polar surface area (TPSA) is 264 Å². The van der Waals surface area contributed by atoms with Gasteiger partial charge in [0.05, 0.1) is 17.6 Å². The fourth-order valence-corrected chi connectivity index (χ4v) is 12.4. The van der Waals surface area contributed by atoms with Gasteiger partial charge in [0, 0.05) is 30.0 Å². The van der Waals surface area contributed by atoms with Crippen LogP contribution in [0.3, 0.4) is 0 Å². The van der Waals surface area contributed by atoms with Crippen molar-refractivity contribution in [1.82, 2.24) is 26.6 Å². The zero-order chi connectivity index (χ0) is 62.8. The van der Waals surface area contributed by atoms with Gasteiger partial charge in [-0.25, -0.2) is 9.59 Å². The summed E-state index contributed by atoms with van der Waals surface area (Å²) in [6.45, 7) is 19.3. The molecule has 5 aromatic carbocycles. The molecule has 0 spiro atoms. The molecule has 20 heteroatoms. The molecule has 0 fully saturated rings. The lowest BCUT2D eigenvalue weighted by Crippen LogP contribution is -2.56. The van der Waals surface area contributed by atoms with Crippen molar-refractivity contribution in [3.63, 3.8) is 0 Å². The molecule has 0 radical (unpaired) electrons. The Bertz CT molecular complexity index is 3590. The van der Waals surface area contributed by atoms with Crippen molar-refractivity contribution in [2.75, 3.05) is 26.4 Å². The van der Waals surface area contributed by atoms with Gasteiger partial charge in [-0.05, 0) is 161 Å². The molecule has 1 aliphatic heterocycles. The van der Waals surface area contributed by atoms with Crippen LogP contribution < -0.4 is 52.2 Å². The number of rotatable bonds is 29. The highest BCUT2D eigenvalue weighted by Gasteiger charge is 2.35. The maximum absolute atomic E-state index is 14.8. The van der Waals surface area contributed by atoms with Gasteiger partial charge < -0.3 is 56.0 Å². The first-order valence-electron chi connectivity index (χ1n) is 30.1. The van der Waals surface area contributed by atoms with Crippen LogP contribution in [0.5, 0.6) is 11.5 Å². The predicted molar refractivity (Wildman–Crippen MR) is 337 cm³/mol. The Labute approximate surface area is 511 Å². The first-order chi connectivity index (χ1) is 41.6. The number of alkyl carbamates (subject to hydrolysis) is 1. The van der Waals surface area contributed by atoms with Crippen LogP contribution in [0, 0.1) is 20.8 Å². The Hall–Kier alpha value is -8.23. The van der Waals surface area contributed by atoms with E-state index in [0.717, 1.165) is 49.9 Å². The second-order valence-corrected chi connectivity index (χ2v) is 24.1. The Morgan fingerprint density at radius 1 is 0.793 bits per heavy atom. The van der Waals surface area contributed by atoms with Crippen molar-refractivity contribution in [3.05, 3.63) is 147 Å². The van der Waals surface area contributed by atoms with Crippen LogP contribution in [-0.4, -0.2) is 100 Å². The third-order valence-electron chi connectivity index (χ3n) is 15.5.